The van der Waals surface area contributed by atoms with Crippen molar-refractivity contribution in [3.8, 4) is 6.07 Å². The van der Waals surface area contributed by atoms with Gasteiger partial charge in [-0.15, -0.1) is 0 Å². The van der Waals surface area contributed by atoms with Gasteiger partial charge in [-0.2, -0.15) is 5.26 Å². The van der Waals surface area contributed by atoms with Gasteiger partial charge in [0.1, 0.15) is 11.8 Å². The third kappa shape index (κ3) is 1.83. The largest absolute Gasteiger partial charge is 0.281 e. The van der Waals surface area contributed by atoms with E-state index in [-0.39, 0.29) is 15.7 Å². The van der Waals surface area contributed by atoms with Gasteiger partial charge in [0.15, 0.2) is 0 Å². The quantitative estimate of drug-likeness (QED) is 0.764. The summed E-state index contributed by atoms with van der Waals surface area (Å²) in [6, 6.07) is 1.84. The van der Waals surface area contributed by atoms with Gasteiger partial charge in [-0.05, 0) is 28.4 Å². The normalized spacial score (nSPS) is 10.2. The average molecular weight is 247 g/mol. The van der Waals surface area contributed by atoms with Crippen LogP contribution < -0.4 is 0 Å². The first-order chi connectivity index (χ1) is 6.07. The van der Waals surface area contributed by atoms with Gasteiger partial charge in [-0.3, -0.25) is 4.98 Å². The number of pyridine rings is 1. The number of nitrogens with zero attached hydrogens (tertiary/aromatic N) is 2. The third-order valence-electron chi connectivity index (χ3n) is 1.55. The molecular formula is C8H5BrF2N2. The van der Waals surface area contributed by atoms with Gasteiger partial charge in [0.25, 0.3) is 6.43 Å². The van der Waals surface area contributed by atoms with E-state index in [2.05, 4.69) is 20.9 Å². The van der Waals surface area contributed by atoms with Gasteiger partial charge in [-0.1, -0.05) is 0 Å². The molecule has 13 heavy (non-hydrogen) atoms. The minimum absolute atomic E-state index is 0.0880. The Kier molecular flexibility index (Phi) is 2.94. The summed E-state index contributed by atoms with van der Waals surface area (Å²) in [5.74, 6) is 0. The Balaban J connectivity index is 3.38. The van der Waals surface area contributed by atoms with Crippen LogP contribution in [0.1, 0.15) is 23.2 Å². The van der Waals surface area contributed by atoms with E-state index >= 15 is 0 Å². The molecule has 68 valence electrons. The fourth-order valence-corrected chi connectivity index (χ4v) is 1.55. The Hall–Kier alpha value is -1.02. The van der Waals surface area contributed by atoms with Crippen molar-refractivity contribution in [1.29, 1.82) is 5.26 Å². The zero-order valence-electron chi connectivity index (χ0n) is 6.68. The van der Waals surface area contributed by atoms with Crippen molar-refractivity contribution in [2.45, 2.75) is 13.3 Å². The molecule has 0 spiro atoms. The summed E-state index contributed by atoms with van der Waals surface area (Å²) in [6.45, 7) is 1.64. The Morgan fingerprint density at radius 1 is 1.62 bits per heavy atom. The van der Waals surface area contributed by atoms with Gasteiger partial charge < -0.3 is 0 Å². The van der Waals surface area contributed by atoms with Crippen LogP contribution in [0.4, 0.5) is 8.78 Å². The highest BCUT2D eigenvalue weighted by Gasteiger charge is 2.17. The first-order valence-corrected chi connectivity index (χ1v) is 4.20. The first-order valence-electron chi connectivity index (χ1n) is 3.41. The number of hydrogen-bond donors (Lipinski definition) is 0. The molecule has 0 saturated heterocycles. The fraction of sp³-hybridized carbons (Fsp3) is 0.250. The molecule has 0 aliphatic heterocycles. The van der Waals surface area contributed by atoms with Crippen LogP contribution in [-0.2, 0) is 0 Å². The lowest BCUT2D eigenvalue weighted by molar-refractivity contribution is 0.145. The average Bonchev–Trinajstić information content (AvgIpc) is 2.04. The summed E-state index contributed by atoms with van der Waals surface area (Å²) >= 11 is 2.93. The molecule has 2 nitrogen and oxygen atoms in total. The molecule has 0 bridgehead atoms. The molecular weight excluding hydrogens is 242 g/mol. The second-order valence-corrected chi connectivity index (χ2v) is 3.22. The molecule has 0 saturated carbocycles. The number of rotatable bonds is 1. The van der Waals surface area contributed by atoms with E-state index in [0.29, 0.717) is 5.56 Å². The minimum Gasteiger partial charge on any atom is -0.254 e. The Morgan fingerprint density at radius 3 is 2.69 bits per heavy atom. The molecule has 5 heteroatoms. The monoisotopic (exact) mass is 246 g/mol. The van der Waals surface area contributed by atoms with E-state index in [1.54, 1.807) is 6.92 Å². The molecule has 0 radical (unpaired) electrons. The third-order valence-corrected chi connectivity index (χ3v) is 2.36. The Bertz CT molecular complexity index is 371. The zero-order valence-corrected chi connectivity index (χ0v) is 8.27. The van der Waals surface area contributed by atoms with Crippen molar-refractivity contribution in [3.63, 3.8) is 0 Å². The maximum atomic E-state index is 12.3. The second kappa shape index (κ2) is 3.79. The number of aromatic nitrogens is 1. The van der Waals surface area contributed by atoms with Gasteiger partial charge in [0.05, 0.1) is 10.0 Å². The van der Waals surface area contributed by atoms with Crippen molar-refractivity contribution in [3.05, 3.63) is 27.5 Å². The molecule has 0 N–H and O–H groups in total. The molecule has 0 fully saturated rings. The van der Waals surface area contributed by atoms with Crippen molar-refractivity contribution in [2.75, 3.05) is 0 Å². The van der Waals surface area contributed by atoms with Gasteiger partial charge in [0.2, 0.25) is 0 Å². The van der Waals surface area contributed by atoms with Crippen LogP contribution >= 0.6 is 15.9 Å². The SMILES string of the molecule is Cc1cnc(C(F)F)c(Br)c1C#N. The summed E-state index contributed by atoms with van der Waals surface area (Å²) in [5, 5.41) is 8.65. The number of halogens is 3. The van der Waals surface area contributed by atoms with Crippen molar-refractivity contribution >= 4 is 15.9 Å². The highest BCUT2D eigenvalue weighted by molar-refractivity contribution is 9.10. The molecule has 1 aromatic rings. The molecule has 0 amide bonds. The molecule has 0 aromatic carbocycles. The van der Waals surface area contributed by atoms with Crippen molar-refractivity contribution < 1.29 is 8.78 Å². The smallest absolute Gasteiger partial charge is 0.254 e. The molecule has 0 unspecified atom stereocenters. The Morgan fingerprint density at radius 2 is 2.23 bits per heavy atom. The van der Waals surface area contributed by atoms with Crippen LogP contribution in [-0.4, -0.2) is 4.98 Å². The van der Waals surface area contributed by atoms with E-state index in [0.717, 1.165) is 0 Å². The lowest BCUT2D eigenvalue weighted by Crippen LogP contribution is -1.96. The van der Waals surface area contributed by atoms with Crippen LogP contribution in [0.15, 0.2) is 10.7 Å². The predicted octanol–water partition coefficient (Wildman–Crippen LogP) is 2.96. The molecule has 0 aliphatic rings. The number of aryl methyl sites for hydroxylation is 1. The van der Waals surface area contributed by atoms with E-state index in [1.165, 1.54) is 6.20 Å². The highest BCUT2D eigenvalue weighted by atomic mass is 79.9. The highest BCUT2D eigenvalue weighted by Crippen LogP contribution is 2.29. The van der Waals surface area contributed by atoms with Gasteiger partial charge >= 0.3 is 0 Å². The molecule has 1 aromatic heterocycles. The second-order valence-electron chi connectivity index (χ2n) is 2.43. The Labute approximate surface area is 82.3 Å². The molecule has 1 heterocycles. The maximum absolute atomic E-state index is 12.3. The van der Waals surface area contributed by atoms with Crippen LogP contribution in [0.5, 0.6) is 0 Å². The molecule has 0 atom stereocenters. The predicted molar refractivity (Wildman–Crippen MR) is 46.3 cm³/mol. The summed E-state index contributed by atoms with van der Waals surface area (Å²) in [6.07, 6.45) is -1.40. The van der Waals surface area contributed by atoms with Crippen LogP contribution in [0, 0.1) is 18.3 Å². The van der Waals surface area contributed by atoms with E-state index in [9.17, 15) is 8.78 Å². The zero-order chi connectivity index (χ0) is 10.0. The summed E-state index contributed by atoms with van der Waals surface area (Å²) in [4.78, 5) is 3.54. The van der Waals surface area contributed by atoms with E-state index in [1.807, 2.05) is 6.07 Å². The topological polar surface area (TPSA) is 36.7 Å². The standard InChI is InChI=1S/C8H5BrF2N2/c1-4-3-13-7(8(10)11)6(9)5(4)2-12/h3,8H,1H3. The number of hydrogen-bond acceptors (Lipinski definition) is 2. The lowest BCUT2D eigenvalue weighted by atomic mass is 10.1. The van der Waals surface area contributed by atoms with Crippen LogP contribution in [0.2, 0.25) is 0 Å². The lowest BCUT2D eigenvalue weighted by Gasteiger charge is -2.05. The summed E-state index contributed by atoms with van der Waals surface area (Å²) < 4.78 is 24.6. The minimum atomic E-state index is -2.66. The maximum Gasteiger partial charge on any atom is 0.281 e. The van der Waals surface area contributed by atoms with Crippen molar-refractivity contribution in [1.82, 2.24) is 4.98 Å². The molecule has 0 aliphatic carbocycles. The fourth-order valence-electron chi connectivity index (χ4n) is 0.878. The summed E-state index contributed by atoms with van der Waals surface area (Å²) in [5.41, 5.74) is 0.409. The van der Waals surface area contributed by atoms with Gasteiger partial charge in [0, 0.05) is 6.20 Å². The van der Waals surface area contributed by atoms with Crippen LogP contribution in [0.25, 0.3) is 0 Å². The molecule has 1 rings (SSSR count). The van der Waals surface area contributed by atoms with Gasteiger partial charge in [-0.25, -0.2) is 8.78 Å². The number of alkyl halides is 2. The summed E-state index contributed by atoms with van der Waals surface area (Å²) in [7, 11) is 0. The number of nitriles is 1. The first kappa shape index (κ1) is 10.1. The van der Waals surface area contributed by atoms with Crippen molar-refractivity contribution in [2.24, 2.45) is 0 Å². The van der Waals surface area contributed by atoms with Crippen LogP contribution in [0.3, 0.4) is 0 Å². The van der Waals surface area contributed by atoms with E-state index < -0.39 is 6.43 Å². The van der Waals surface area contributed by atoms with E-state index in [4.69, 9.17) is 5.26 Å².